The summed E-state index contributed by atoms with van der Waals surface area (Å²) in [4.78, 5) is 78.0. The van der Waals surface area contributed by atoms with Crippen molar-refractivity contribution >= 4 is 35.6 Å². The zero-order chi connectivity index (χ0) is 26.3. The van der Waals surface area contributed by atoms with Crippen molar-refractivity contribution in [1.82, 2.24) is 25.3 Å². The number of β-lactam (4-membered cyclic amide) rings is 1. The van der Waals surface area contributed by atoms with Gasteiger partial charge in [-0.3, -0.25) is 24.1 Å². The van der Waals surface area contributed by atoms with E-state index in [9.17, 15) is 39.0 Å². The Kier molecular flexibility index (Phi) is 8.63. The number of rotatable bonds is 6. The molecule has 3 fully saturated rings. The molecule has 0 aliphatic carbocycles. The van der Waals surface area contributed by atoms with Crippen molar-refractivity contribution in [3.63, 3.8) is 0 Å². The predicted octanol–water partition coefficient (Wildman–Crippen LogP) is -6.04. The molecule has 14 heteroatoms. The SMILES string of the molecule is CCN1CCN(C(=O)NC(C(=O)NC2C(=O)N3C(C(=O)[O-])C(C)C(O)[C@H]23)c2ccccc2)C(=O)C1=O.[Na+]. The number of aliphatic hydroxyl groups excluding tert-OH is 1. The van der Waals surface area contributed by atoms with E-state index >= 15 is 0 Å². The Bertz CT molecular complexity index is 1120. The van der Waals surface area contributed by atoms with E-state index in [0.717, 1.165) is 9.80 Å². The van der Waals surface area contributed by atoms with Gasteiger partial charge < -0.3 is 35.4 Å². The Morgan fingerprint density at radius 3 is 2.35 bits per heavy atom. The van der Waals surface area contributed by atoms with Crippen molar-refractivity contribution in [2.24, 2.45) is 5.92 Å². The van der Waals surface area contributed by atoms with Gasteiger partial charge in [-0.05, 0) is 12.5 Å². The maximum Gasteiger partial charge on any atom is 1.00 e. The number of benzene rings is 1. The summed E-state index contributed by atoms with van der Waals surface area (Å²) in [5.74, 6) is -5.66. The minimum absolute atomic E-state index is 0. The minimum Gasteiger partial charge on any atom is -0.548 e. The second-order valence-electron chi connectivity index (χ2n) is 8.97. The third kappa shape index (κ3) is 4.96. The Labute approximate surface area is 234 Å². The van der Waals surface area contributed by atoms with Crippen molar-refractivity contribution in [1.29, 1.82) is 0 Å². The quantitative estimate of drug-likeness (QED) is 0.187. The smallest absolute Gasteiger partial charge is 0.548 e. The number of carboxylic acid groups (broad SMARTS) is 1. The molecule has 3 saturated heterocycles. The molecule has 6 atom stereocenters. The summed E-state index contributed by atoms with van der Waals surface area (Å²) in [7, 11) is 0. The summed E-state index contributed by atoms with van der Waals surface area (Å²) in [6.07, 6.45) is -1.21. The fraction of sp³-hybridized carbons (Fsp3) is 0.478. The van der Waals surface area contributed by atoms with Crippen LogP contribution in [0, 0.1) is 5.92 Å². The number of hydrogen-bond acceptors (Lipinski definition) is 8. The van der Waals surface area contributed by atoms with E-state index in [1.807, 2.05) is 0 Å². The molecule has 0 aromatic heterocycles. The second-order valence-corrected chi connectivity index (χ2v) is 8.97. The van der Waals surface area contributed by atoms with Crippen molar-refractivity contribution < 1.29 is 68.5 Å². The standard InChI is InChI=1S/C23H27N5O8.Na/c1-3-26-9-10-27(21(33)20(26)32)23(36)25-13(12-7-5-4-6-8-12)18(30)24-14-16-17(29)11(2)15(22(34)35)28(16)19(14)31;/h4-8,11,13-17,29H,3,9-10H2,1-2H3,(H,24,30)(H,25,36)(H,34,35);/q;+1/p-1/t11?,13?,14?,15?,16-,17?;/m0./s1. The normalized spacial score (nSPS) is 27.6. The molecule has 37 heavy (non-hydrogen) atoms. The number of nitrogens with zero attached hydrogens (tertiary/aromatic N) is 3. The summed E-state index contributed by atoms with van der Waals surface area (Å²) in [5, 5.41) is 26.9. The molecule has 1 aromatic carbocycles. The molecule has 4 rings (SSSR count). The molecular weight excluding hydrogens is 497 g/mol. The monoisotopic (exact) mass is 523 g/mol. The number of nitrogens with one attached hydrogen (secondary N) is 2. The van der Waals surface area contributed by atoms with Gasteiger partial charge in [0.25, 0.3) is 0 Å². The van der Waals surface area contributed by atoms with Crippen LogP contribution in [0.2, 0.25) is 0 Å². The van der Waals surface area contributed by atoms with Gasteiger partial charge in [0.05, 0.1) is 24.2 Å². The maximum atomic E-state index is 13.3. The number of hydrogen-bond donors (Lipinski definition) is 3. The molecule has 0 spiro atoms. The minimum atomic E-state index is -1.50. The van der Waals surface area contributed by atoms with Crippen LogP contribution in [-0.2, 0) is 24.0 Å². The molecule has 5 unspecified atom stereocenters. The Morgan fingerprint density at radius 1 is 1.11 bits per heavy atom. The summed E-state index contributed by atoms with van der Waals surface area (Å²) < 4.78 is 0. The summed E-state index contributed by atoms with van der Waals surface area (Å²) in [5.41, 5.74) is 0.339. The van der Waals surface area contributed by atoms with E-state index in [2.05, 4.69) is 10.6 Å². The third-order valence-electron chi connectivity index (χ3n) is 7.01. The molecule has 192 valence electrons. The Balaban J connectivity index is 0.00000380. The first-order valence-corrected chi connectivity index (χ1v) is 11.6. The number of fused-ring (bicyclic) bond motifs is 1. The summed E-state index contributed by atoms with van der Waals surface area (Å²) in [6, 6.07) is 2.25. The van der Waals surface area contributed by atoms with E-state index in [-0.39, 0.29) is 42.6 Å². The van der Waals surface area contributed by atoms with Crippen LogP contribution >= 0.6 is 0 Å². The average molecular weight is 523 g/mol. The van der Waals surface area contributed by atoms with Crippen LogP contribution in [0.5, 0.6) is 0 Å². The van der Waals surface area contributed by atoms with Crippen molar-refractivity contribution in [2.75, 3.05) is 19.6 Å². The van der Waals surface area contributed by atoms with E-state index < -0.39 is 71.8 Å². The number of carbonyl (C=O) groups is 6. The number of amides is 6. The van der Waals surface area contributed by atoms with Gasteiger partial charge in [0.1, 0.15) is 12.1 Å². The van der Waals surface area contributed by atoms with Crippen LogP contribution in [0.15, 0.2) is 30.3 Å². The first kappa shape index (κ1) is 28.6. The molecule has 3 heterocycles. The van der Waals surface area contributed by atoms with Crippen molar-refractivity contribution in [3.8, 4) is 0 Å². The van der Waals surface area contributed by atoms with Gasteiger partial charge >= 0.3 is 47.4 Å². The molecule has 0 radical (unpaired) electrons. The summed E-state index contributed by atoms with van der Waals surface area (Å²) in [6.45, 7) is 3.59. The van der Waals surface area contributed by atoms with Crippen LogP contribution < -0.4 is 45.3 Å². The van der Waals surface area contributed by atoms with Gasteiger partial charge in [-0.2, -0.15) is 0 Å². The molecule has 6 amide bonds. The van der Waals surface area contributed by atoms with Crippen LogP contribution in [0.4, 0.5) is 4.79 Å². The molecule has 3 aliphatic heterocycles. The number of carboxylic acids is 1. The fourth-order valence-electron chi connectivity index (χ4n) is 5.00. The zero-order valence-electron chi connectivity index (χ0n) is 20.6. The number of urea groups is 1. The number of piperazine rings is 1. The van der Waals surface area contributed by atoms with Crippen LogP contribution in [0.25, 0.3) is 0 Å². The summed E-state index contributed by atoms with van der Waals surface area (Å²) >= 11 is 0. The predicted molar refractivity (Wildman–Crippen MR) is 118 cm³/mol. The van der Waals surface area contributed by atoms with Crippen molar-refractivity contribution in [3.05, 3.63) is 35.9 Å². The molecule has 1 aromatic rings. The zero-order valence-corrected chi connectivity index (χ0v) is 22.6. The van der Waals surface area contributed by atoms with Gasteiger partial charge in [-0.1, -0.05) is 37.3 Å². The fourth-order valence-corrected chi connectivity index (χ4v) is 5.00. The molecule has 3 aliphatic rings. The molecule has 3 N–H and O–H groups in total. The first-order valence-electron chi connectivity index (χ1n) is 11.6. The number of likely N-dealkylation sites (N-methyl/N-ethyl adjacent to an activating group) is 1. The number of aliphatic hydroxyl groups is 1. The van der Waals surface area contributed by atoms with Crippen LogP contribution in [-0.4, -0.2) is 99.3 Å². The van der Waals surface area contributed by atoms with E-state index in [1.54, 1.807) is 37.3 Å². The van der Waals surface area contributed by atoms with Gasteiger partial charge in [0.2, 0.25) is 11.8 Å². The maximum absolute atomic E-state index is 13.3. The Hall–Kier alpha value is -3.00. The molecular formula is C23H26N5NaO8. The number of imide groups is 1. The topological polar surface area (TPSA) is 179 Å². The number of aliphatic carboxylic acids is 1. The van der Waals surface area contributed by atoms with Gasteiger partial charge in [-0.15, -0.1) is 0 Å². The van der Waals surface area contributed by atoms with Crippen LogP contribution in [0.3, 0.4) is 0 Å². The van der Waals surface area contributed by atoms with E-state index in [1.165, 1.54) is 11.8 Å². The third-order valence-corrected chi connectivity index (χ3v) is 7.01. The van der Waals surface area contributed by atoms with E-state index in [0.29, 0.717) is 12.1 Å². The van der Waals surface area contributed by atoms with Crippen LogP contribution in [0.1, 0.15) is 25.5 Å². The molecule has 0 bridgehead atoms. The van der Waals surface area contributed by atoms with Crippen molar-refractivity contribution in [2.45, 2.75) is 44.1 Å². The second kappa shape index (κ2) is 11.2. The Morgan fingerprint density at radius 2 is 1.76 bits per heavy atom. The first-order chi connectivity index (χ1) is 17.1. The molecule has 13 nitrogen and oxygen atoms in total. The molecule has 0 saturated carbocycles. The van der Waals surface area contributed by atoms with Gasteiger partial charge in [0, 0.05) is 25.6 Å². The van der Waals surface area contributed by atoms with E-state index in [4.69, 9.17) is 0 Å². The average Bonchev–Trinajstić information content (AvgIpc) is 3.10. The van der Waals surface area contributed by atoms with Gasteiger partial charge in [0.15, 0.2) is 0 Å². The number of carbonyl (C=O) groups excluding carboxylic acids is 6. The largest absolute Gasteiger partial charge is 1.00 e. The van der Waals surface area contributed by atoms with Gasteiger partial charge in [-0.25, -0.2) is 4.79 Å².